The number of ether oxygens (including phenoxy) is 4. The Morgan fingerprint density at radius 2 is 1.81 bits per heavy atom. The highest BCUT2D eigenvalue weighted by Gasteiger charge is 2.39. The first-order valence-electron chi connectivity index (χ1n) is 16.5. The van der Waals surface area contributed by atoms with E-state index < -0.39 is 22.7 Å². The fourth-order valence-corrected chi connectivity index (χ4v) is 9.06. The molecular weight excluding hydrogens is 742 g/mol. The Morgan fingerprint density at radius 1 is 1.06 bits per heavy atom. The quantitative estimate of drug-likeness (QED) is 0.0782. The fraction of sp³-hybridized carbons (Fsp3) is 0.316. The summed E-state index contributed by atoms with van der Waals surface area (Å²) in [4.78, 5) is 60.3. The molecule has 2 amide bonds. The van der Waals surface area contributed by atoms with E-state index in [0.717, 1.165) is 4.90 Å². The van der Waals surface area contributed by atoms with Crippen LogP contribution in [0.2, 0.25) is 0 Å². The van der Waals surface area contributed by atoms with Gasteiger partial charge in [-0.05, 0) is 62.7 Å². The number of carbonyl (C=O) groups is 4. The van der Waals surface area contributed by atoms with Gasteiger partial charge in [-0.2, -0.15) is 0 Å². The third-order valence-electron chi connectivity index (χ3n) is 8.96. The number of fused-ring (bicyclic) bond motifs is 4. The zero-order valence-corrected chi connectivity index (χ0v) is 32.5. The summed E-state index contributed by atoms with van der Waals surface area (Å²) in [5, 5.41) is 1.14. The van der Waals surface area contributed by atoms with Crippen molar-refractivity contribution in [2.45, 2.75) is 42.8 Å². The van der Waals surface area contributed by atoms with Crippen molar-refractivity contribution in [3.05, 3.63) is 77.2 Å². The van der Waals surface area contributed by atoms with Gasteiger partial charge < -0.3 is 33.2 Å². The average Bonchev–Trinajstić information content (AvgIpc) is 3.85. The zero-order chi connectivity index (χ0) is 38.2. The number of nitrogens with zero attached hydrogens (tertiary/aromatic N) is 2. The summed E-state index contributed by atoms with van der Waals surface area (Å²) in [5.41, 5.74) is 3.26. The Balaban J connectivity index is 1.39. The minimum absolute atomic E-state index is 0.0907. The molecule has 15 heteroatoms. The molecule has 1 atom stereocenters. The smallest absolute Gasteiger partial charge is 0.419 e. The third-order valence-corrected chi connectivity index (χ3v) is 12.7. The van der Waals surface area contributed by atoms with Gasteiger partial charge >= 0.3 is 18.0 Å². The van der Waals surface area contributed by atoms with Crippen LogP contribution in [0, 0.1) is 6.92 Å². The highest BCUT2D eigenvalue weighted by atomic mass is 35.5. The molecule has 0 fully saturated rings. The maximum absolute atomic E-state index is 14.2. The summed E-state index contributed by atoms with van der Waals surface area (Å²) in [5.74, 6) is -0.790. The number of nitrogens with one attached hydrogen (secondary N) is 1. The Morgan fingerprint density at radius 3 is 2.51 bits per heavy atom. The molecule has 0 spiro atoms. The molecule has 12 nitrogen and oxygen atoms in total. The van der Waals surface area contributed by atoms with Crippen LogP contribution in [0.5, 0.6) is 11.5 Å². The van der Waals surface area contributed by atoms with Crippen molar-refractivity contribution in [2.75, 3.05) is 50.6 Å². The Bertz CT molecular complexity index is 2250. The van der Waals surface area contributed by atoms with Crippen LogP contribution in [-0.4, -0.2) is 74.5 Å². The topological polar surface area (TPSA) is 141 Å². The lowest BCUT2D eigenvalue weighted by Gasteiger charge is -2.24. The predicted molar refractivity (Wildman–Crippen MR) is 207 cm³/mol. The number of esters is 2. The van der Waals surface area contributed by atoms with E-state index in [1.807, 2.05) is 32.0 Å². The number of para-hydroxylation sites is 1. The molecule has 0 aliphatic carbocycles. The summed E-state index contributed by atoms with van der Waals surface area (Å²) >= 11 is 6.54. The highest BCUT2D eigenvalue weighted by molar-refractivity contribution is 8.77. The number of carbonyl (C=O) groups excluding carboxylic acids is 4. The SMILES string of the molecule is COC(=O)CC(C)(C)SSc1ccccc1N(C)C(=O)Oc1cc2c(c3c(C(=O)OC)c(C)[nH]c13)[C@H](CCl)CN2C(=O)c1cc2cc(OC)ccc2o1. The Hall–Kier alpha value is -4.79. The van der Waals surface area contributed by atoms with E-state index in [1.54, 1.807) is 57.5 Å². The molecule has 5 aromatic rings. The lowest BCUT2D eigenvalue weighted by atomic mass is 9.95. The summed E-state index contributed by atoms with van der Waals surface area (Å²) in [6.07, 6.45) is -0.519. The maximum atomic E-state index is 14.2. The molecule has 0 radical (unpaired) electrons. The van der Waals surface area contributed by atoms with Crippen molar-refractivity contribution >= 4 is 90.4 Å². The second-order valence-electron chi connectivity index (χ2n) is 13.0. The molecule has 0 bridgehead atoms. The number of hydrogen-bond acceptors (Lipinski definition) is 11. The number of aromatic nitrogens is 1. The fourth-order valence-electron chi connectivity index (χ4n) is 6.34. The van der Waals surface area contributed by atoms with Crippen LogP contribution in [0.25, 0.3) is 21.9 Å². The monoisotopic (exact) mass is 779 g/mol. The van der Waals surface area contributed by atoms with Gasteiger partial charge in [0.2, 0.25) is 0 Å². The number of amides is 2. The van der Waals surface area contributed by atoms with Gasteiger partial charge in [-0.1, -0.05) is 33.7 Å². The minimum atomic E-state index is -0.721. The molecular formula is C38H38ClN3O9S2. The van der Waals surface area contributed by atoms with Crippen molar-refractivity contribution < 1.29 is 42.5 Å². The molecule has 6 rings (SSSR count). The number of hydrogen-bond donors (Lipinski definition) is 1. The second-order valence-corrected chi connectivity index (χ2v) is 16.2. The first-order chi connectivity index (χ1) is 25.3. The standard InChI is InChI=1S/C38H38ClN3O9S2/c1-20-31(36(45)49-7)33-32-22(18-39)19-42(35(44)28-15-21-14-23(47-5)12-13-26(21)50-28)25(32)16-27(34(33)40-20)51-37(46)41(4)24-10-8-9-11-29(24)52-53-38(2,3)17-30(43)48-6/h8-16,22,40H,17-19H2,1-7H3/t22-/m1/s1. The van der Waals surface area contributed by atoms with Crippen LogP contribution in [0.1, 0.15) is 58.4 Å². The van der Waals surface area contributed by atoms with Crippen molar-refractivity contribution in [1.82, 2.24) is 4.98 Å². The number of methoxy groups -OCH3 is 3. The Labute approximate surface area is 318 Å². The van der Waals surface area contributed by atoms with E-state index in [9.17, 15) is 19.2 Å². The van der Waals surface area contributed by atoms with Crippen molar-refractivity contribution in [3.8, 4) is 11.5 Å². The molecule has 1 aliphatic rings. The van der Waals surface area contributed by atoms with Gasteiger partial charge in [-0.15, -0.1) is 11.6 Å². The van der Waals surface area contributed by atoms with Crippen LogP contribution >= 0.6 is 33.2 Å². The largest absolute Gasteiger partial charge is 0.497 e. The number of aromatic amines is 1. The molecule has 1 N–H and O–H groups in total. The van der Waals surface area contributed by atoms with Gasteiger partial charge in [-0.25, -0.2) is 9.59 Å². The number of H-pyrrole nitrogens is 1. The van der Waals surface area contributed by atoms with E-state index in [0.29, 0.717) is 50.3 Å². The molecule has 53 heavy (non-hydrogen) atoms. The molecule has 2 aromatic heterocycles. The first kappa shape index (κ1) is 38.0. The molecule has 0 unspecified atom stereocenters. The number of rotatable bonds is 11. The van der Waals surface area contributed by atoms with E-state index >= 15 is 0 Å². The van der Waals surface area contributed by atoms with Gasteiger partial charge in [-0.3, -0.25) is 14.5 Å². The number of alkyl halides is 1. The van der Waals surface area contributed by atoms with Crippen LogP contribution in [-0.2, 0) is 14.3 Å². The summed E-state index contributed by atoms with van der Waals surface area (Å²) in [6.45, 7) is 5.79. The highest BCUT2D eigenvalue weighted by Crippen LogP contribution is 2.49. The van der Waals surface area contributed by atoms with Crippen LogP contribution in [0.3, 0.4) is 0 Å². The summed E-state index contributed by atoms with van der Waals surface area (Å²) in [7, 11) is 8.70. The van der Waals surface area contributed by atoms with Gasteiger partial charge in [0.1, 0.15) is 11.3 Å². The molecule has 3 heterocycles. The molecule has 0 saturated carbocycles. The number of halogens is 1. The summed E-state index contributed by atoms with van der Waals surface area (Å²) < 4.78 is 27.0. The average molecular weight is 780 g/mol. The van der Waals surface area contributed by atoms with E-state index in [1.165, 1.54) is 45.6 Å². The van der Waals surface area contributed by atoms with E-state index in [4.69, 9.17) is 35.0 Å². The van der Waals surface area contributed by atoms with E-state index in [2.05, 4.69) is 4.98 Å². The number of benzene rings is 3. The number of anilines is 2. The third kappa shape index (κ3) is 7.40. The van der Waals surface area contributed by atoms with Crippen molar-refractivity contribution in [1.29, 1.82) is 0 Å². The first-order valence-corrected chi connectivity index (χ1v) is 19.2. The zero-order valence-electron chi connectivity index (χ0n) is 30.2. The van der Waals surface area contributed by atoms with Crippen molar-refractivity contribution in [2.24, 2.45) is 0 Å². The molecule has 278 valence electrons. The van der Waals surface area contributed by atoms with Crippen molar-refractivity contribution in [3.63, 3.8) is 0 Å². The van der Waals surface area contributed by atoms with Crippen LogP contribution < -0.4 is 19.3 Å². The van der Waals surface area contributed by atoms with Crippen LogP contribution in [0.4, 0.5) is 16.2 Å². The maximum Gasteiger partial charge on any atom is 0.419 e. The van der Waals surface area contributed by atoms with Gasteiger partial charge in [0, 0.05) is 57.6 Å². The second kappa shape index (κ2) is 15.3. The lowest BCUT2D eigenvalue weighted by molar-refractivity contribution is -0.141. The molecule has 1 aliphatic heterocycles. The van der Waals surface area contributed by atoms with E-state index in [-0.39, 0.29) is 47.8 Å². The molecule has 0 saturated heterocycles. The van der Waals surface area contributed by atoms with Crippen LogP contribution in [0.15, 0.2) is 63.9 Å². The van der Waals surface area contributed by atoms with Gasteiger partial charge in [0.15, 0.2) is 11.5 Å². The number of furan rings is 1. The van der Waals surface area contributed by atoms with Gasteiger partial charge in [0.25, 0.3) is 5.91 Å². The summed E-state index contributed by atoms with van der Waals surface area (Å²) in [6, 6.07) is 15.8. The molecule has 3 aromatic carbocycles. The lowest BCUT2D eigenvalue weighted by Crippen LogP contribution is -2.30. The minimum Gasteiger partial charge on any atom is -0.497 e. The normalized spacial score (nSPS) is 14.0. The van der Waals surface area contributed by atoms with Gasteiger partial charge in [0.05, 0.1) is 50.2 Å². The Kier molecular flexibility index (Phi) is 10.9. The predicted octanol–water partition coefficient (Wildman–Crippen LogP) is 8.72. The number of aryl methyl sites for hydroxylation is 1.